The highest BCUT2D eigenvalue weighted by molar-refractivity contribution is 6.30. The summed E-state index contributed by atoms with van der Waals surface area (Å²) >= 11 is 5.98. The molecular weight excluding hydrogens is 394 g/mol. The lowest BCUT2D eigenvalue weighted by Crippen LogP contribution is -2.35. The lowest BCUT2D eigenvalue weighted by molar-refractivity contribution is -0.177. The predicted octanol–water partition coefficient (Wildman–Crippen LogP) is 3.90. The van der Waals surface area contributed by atoms with Crippen molar-refractivity contribution in [1.82, 2.24) is 5.06 Å². The fraction of sp³-hybridized carbons (Fsp3) is 0.364. The smallest absolute Gasteiger partial charge is 0.306 e. The number of esters is 1. The molecule has 2 aromatic carbocycles. The van der Waals surface area contributed by atoms with E-state index in [1.807, 2.05) is 36.4 Å². The summed E-state index contributed by atoms with van der Waals surface area (Å²) in [6, 6.07) is 14.7. The largest absolute Gasteiger partial charge is 0.493 e. The molecule has 1 amide bonds. The molecule has 0 aliphatic carbocycles. The lowest BCUT2D eigenvalue weighted by Gasteiger charge is -2.32. The topological polar surface area (TPSA) is 65.1 Å². The van der Waals surface area contributed by atoms with Gasteiger partial charge in [-0.2, -0.15) is 0 Å². The summed E-state index contributed by atoms with van der Waals surface area (Å²) in [6.07, 6.45) is 0.231. The van der Waals surface area contributed by atoms with Crippen molar-refractivity contribution in [2.24, 2.45) is 5.92 Å². The molecule has 0 saturated carbocycles. The van der Waals surface area contributed by atoms with E-state index >= 15 is 0 Å². The van der Waals surface area contributed by atoms with Crippen LogP contribution in [0.4, 0.5) is 0 Å². The van der Waals surface area contributed by atoms with Crippen molar-refractivity contribution in [1.29, 1.82) is 0 Å². The summed E-state index contributed by atoms with van der Waals surface area (Å²) in [6.45, 7) is 0.932. The highest BCUT2D eigenvalue weighted by atomic mass is 35.5. The van der Waals surface area contributed by atoms with Crippen LogP contribution in [0.25, 0.3) is 0 Å². The van der Waals surface area contributed by atoms with Crippen molar-refractivity contribution in [2.45, 2.75) is 24.8 Å². The minimum atomic E-state index is -0.366. The number of methoxy groups -OCH3 is 1. The van der Waals surface area contributed by atoms with Crippen LogP contribution in [0, 0.1) is 5.92 Å². The Labute approximate surface area is 174 Å². The Kier molecular flexibility index (Phi) is 5.74. The van der Waals surface area contributed by atoms with Gasteiger partial charge in [0.2, 0.25) is 5.91 Å². The van der Waals surface area contributed by atoms with Gasteiger partial charge in [0.05, 0.1) is 32.8 Å². The van der Waals surface area contributed by atoms with Crippen molar-refractivity contribution in [2.75, 3.05) is 20.3 Å². The van der Waals surface area contributed by atoms with E-state index in [1.165, 1.54) is 12.2 Å². The summed E-state index contributed by atoms with van der Waals surface area (Å²) in [5, 5.41) is 2.06. The fourth-order valence-corrected chi connectivity index (χ4v) is 4.09. The van der Waals surface area contributed by atoms with Gasteiger partial charge in [0.1, 0.15) is 5.75 Å². The quantitative estimate of drug-likeness (QED) is 0.693. The molecule has 152 valence electrons. The summed E-state index contributed by atoms with van der Waals surface area (Å²) < 4.78 is 10.6. The Morgan fingerprint density at radius 2 is 1.90 bits per heavy atom. The molecule has 2 aromatic rings. The number of carbonyl (C=O) groups excluding carboxylic acids is 2. The third kappa shape index (κ3) is 4.09. The Bertz CT molecular complexity index is 900. The van der Waals surface area contributed by atoms with Crippen molar-refractivity contribution in [3.63, 3.8) is 0 Å². The Hall–Kier alpha value is -2.57. The van der Waals surface area contributed by atoms with Gasteiger partial charge in [-0.15, -0.1) is 0 Å². The molecule has 0 spiro atoms. The number of hydrogen-bond acceptors (Lipinski definition) is 5. The third-order valence-electron chi connectivity index (χ3n) is 5.47. The van der Waals surface area contributed by atoms with E-state index in [1.54, 1.807) is 12.1 Å². The molecule has 0 bridgehead atoms. The monoisotopic (exact) mass is 415 g/mol. The van der Waals surface area contributed by atoms with Gasteiger partial charge in [-0.3, -0.25) is 14.4 Å². The molecule has 29 heavy (non-hydrogen) atoms. The first kappa shape index (κ1) is 19.7. The number of halogens is 1. The van der Waals surface area contributed by atoms with Gasteiger partial charge >= 0.3 is 5.97 Å². The zero-order valence-corrected chi connectivity index (χ0v) is 16.8. The summed E-state index contributed by atoms with van der Waals surface area (Å²) in [4.78, 5) is 30.9. The van der Waals surface area contributed by atoms with Crippen LogP contribution in [0.5, 0.6) is 5.75 Å². The molecule has 0 radical (unpaired) electrons. The highest BCUT2D eigenvalue weighted by Gasteiger charge is 2.44. The maximum Gasteiger partial charge on any atom is 0.306 e. The van der Waals surface area contributed by atoms with E-state index in [-0.39, 0.29) is 42.6 Å². The summed E-state index contributed by atoms with van der Waals surface area (Å²) in [5.41, 5.74) is 1.81. The molecule has 3 atom stereocenters. The van der Waals surface area contributed by atoms with E-state index < -0.39 is 0 Å². The Morgan fingerprint density at radius 1 is 1.14 bits per heavy atom. The van der Waals surface area contributed by atoms with Gasteiger partial charge in [-0.1, -0.05) is 41.9 Å². The van der Waals surface area contributed by atoms with Gasteiger partial charge < -0.3 is 9.47 Å². The molecule has 2 aliphatic heterocycles. The van der Waals surface area contributed by atoms with Crippen LogP contribution < -0.4 is 4.74 Å². The van der Waals surface area contributed by atoms with E-state index in [4.69, 9.17) is 25.9 Å². The van der Waals surface area contributed by atoms with Crippen LogP contribution in [0.2, 0.25) is 5.02 Å². The van der Waals surface area contributed by atoms with E-state index in [0.29, 0.717) is 18.2 Å². The van der Waals surface area contributed by atoms with E-state index in [2.05, 4.69) is 0 Å². The molecule has 1 saturated heterocycles. The molecular formula is C22H22ClNO5. The molecule has 2 heterocycles. The Morgan fingerprint density at radius 3 is 2.66 bits per heavy atom. The summed E-state index contributed by atoms with van der Waals surface area (Å²) in [7, 11) is 1.34. The molecule has 0 aromatic heterocycles. The van der Waals surface area contributed by atoms with Crippen molar-refractivity contribution in [3.8, 4) is 5.75 Å². The van der Waals surface area contributed by atoms with Crippen LogP contribution in [0.1, 0.15) is 35.9 Å². The van der Waals surface area contributed by atoms with Crippen molar-refractivity contribution in [3.05, 3.63) is 64.7 Å². The summed E-state index contributed by atoms with van der Waals surface area (Å²) in [5.74, 6) is 0.00156. The molecule has 2 aliphatic rings. The van der Waals surface area contributed by atoms with Gasteiger partial charge in [0.25, 0.3) is 0 Å². The van der Waals surface area contributed by atoms with Gasteiger partial charge in [-0.25, -0.2) is 5.06 Å². The zero-order chi connectivity index (χ0) is 20.4. The minimum Gasteiger partial charge on any atom is -0.493 e. The van der Waals surface area contributed by atoms with Crippen LogP contribution >= 0.6 is 11.6 Å². The van der Waals surface area contributed by atoms with Crippen LogP contribution in [0.15, 0.2) is 48.5 Å². The number of rotatable bonds is 5. The first-order valence-electron chi connectivity index (χ1n) is 9.55. The lowest BCUT2D eigenvalue weighted by atomic mass is 9.89. The Balaban J connectivity index is 1.56. The average Bonchev–Trinajstić information content (AvgIpc) is 3.18. The second kappa shape index (κ2) is 8.43. The molecule has 4 rings (SSSR count). The SMILES string of the molecule is COC(=O)C[C@H](CC(=O)N1OC[C@H]2COc3ccccc3[C@H]21)c1ccc(Cl)cc1. The standard InChI is InChI=1S/C22H22ClNO5/c1-27-21(26)11-15(14-6-8-17(23)9-7-14)10-20(25)24-22-16(13-29-24)12-28-19-5-3-2-4-18(19)22/h2-9,15-16,22H,10-13H2,1H3/t15-,16+,22-/m0/s1. The average molecular weight is 416 g/mol. The van der Waals surface area contributed by atoms with Crippen LogP contribution in [-0.4, -0.2) is 37.3 Å². The number of ether oxygens (including phenoxy) is 2. The maximum absolute atomic E-state index is 13.2. The number of carbonyl (C=O) groups is 2. The van der Waals surface area contributed by atoms with E-state index in [0.717, 1.165) is 16.9 Å². The second-order valence-corrected chi connectivity index (χ2v) is 7.74. The van der Waals surface area contributed by atoms with Crippen LogP contribution in [-0.2, 0) is 19.2 Å². The fourth-order valence-electron chi connectivity index (χ4n) is 3.97. The predicted molar refractivity (Wildman–Crippen MR) is 106 cm³/mol. The van der Waals surface area contributed by atoms with Gasteiger partial charge in [0.15, 0.2) is 0 Å². The second-order valence-electron chi connectivity index (χ2n) is 7.30. The van der Waals surface area contributed by atoms with Gasteiger partial charge in [0, 0.05) is 28.8 Å². The van der Waals surface area contributed by atoms with Gasteiger partial charge in [-0.05, 0) is 23.8 Å². The number of nitrogens with zero attached hydrogens (tertiary/aromatic N) is 1. The number of hydrogen-bond donors (Lipinski definition) is 0. The molecule has 0 unspecified atom stereocenters. The zero-order valence-electron chi connectivity index (χ0n) is 16.0. The normalized spacial score (nSPS) is 21.0. The van der Waals surface area contributed by atoms with Crippen molar-refractivity contribution >= 4 is 23.5 Å². The molecule has 7 heteroatoms. The van der Waals surface area contributed by atoms with E-state index in [9.17, 15) is 9.59 Å². The molecule has 1 fully saturated rings. The molecule has 0 N–H and O–H groups in total. The minimum absolute atomic E-state index is 0.0865. The number of hydroxylamine groups is 2. The number of benzene rings is 2. The first-order chi connectivity index (χ1) is 14.1. The maximum atomic E-state index is 13.2. The number of amides is 1. The van der Waals surface area contributed by atoms with Crippen molar-refractivity contribution < 1.29 is 23.9 Å². The highest BCUT2D eigenvalue weighted by Crippen LogP contribution is 2.44. The number of fused-ring (bicyclic) bond motifs is 3. The first-order valence-corrected chi connectivity index (χ1v) is 9.93. The molecule has 6 nitrogen and oxygen atoms in total. The third-order valence-corrected chi connectivity index (χ3v) is 5.72. The van der Waals surface area contributed by atoms with Crippen LogP contribution in [0.3, 0.4) is 0 Å². The number of para-hydroxylation sites is 1.